The SMILES string of the molecule is CC(C)C(=O)NN1CCC(O)CC1.CC(C)C(=O)NNC(=O)C(C)C.CC(C)C(=O)NNC1CCCC1.CC(C)NN(C)C(=O)C(C)C.CC(C)NNC(=O)C(C)C. The lowest BCUT2D eigenvalue weighted by atomic mass is 10.1. The average molecular weight is 831 g/mol. The van der Waals surface area contributed by atoms with Gasteiger partial charge in [0.05, 0.1) is 6.10 Å². The van der Waals surface area contributed by atoms with Crippen LogP contribution in [0.3, 0.4) is 0 Å². The number of amides is 6. The Morgan fingerprint density at radius 2 is 0.897 bits per heavy atom. The lowest BCUT2D eigenvalue weighted by Gasteiger charge is -2.30. The molecule has 0 aromatic rings. The fraction of sp³-hybridized carbons (Fsp3) is 0.854. The summed E-state index contributed by atoms with van der Waals surface area (Å²) in [5, 5.41) is 12.7. The number of nitrogens with zero attached hydrogens (tertiary/aromatic N) is 2. The summed E-state index contributed by atoms with van der Waals surface area (Å²) in [6.07, 6.45) is 6.27. The summed E-state index contributed by atoms with van der Waals surface area (Å²) < 4.78 is 0. The van der Waals surface area contributed by atoms with Crippen molar-refractivity contribution < 1.29 is 33.9 Å². The number of piperidine rings is 1. The Labute approximate surface area is 351 Å². The third kappa shape index (κ3) is 33.6. The molecule has 0 bridgehead atoms. The van der Waals surface area contributed by atoms with Crippen molar-refractivity contribution >= 4 is 35.4 Å². The van der Waals surface area contributed by atoms with E-state index in [-0.39, 0.29) is 77.1 Å². The van der Waals surface area contributed by atoms with Gasteiger partial charge >= 0.3 is 0 Å². The Hall–Kier alpha value is -3.38. The van der Waals surface area contributed by atoms with E-state index in [2.05, 4.69) is 43.4 Å². The highest BCUT2D eigenvalue weighted by molar-refractivity contribution is 5.83. The molecule has 0 spiro atoms. The van der Waals surface area contributed by atoms with Crippen molar-refractivity contribution in [1.29, 1.82) is 0 Å². The largest absolute Gasteiger partial charge is 0.393 e. The summed E-state index contributed by atoms with van der Waals surface area (Å²) in [5.41, 5.74) is 21.7. The molecule has 0 atom stereocenters. The van der Waals surface area contributed by atoms with Crippen molar-refractivity contribution in [2.45, 2.75) is 174 Å². The van der Waals surface area contributed by atoms with Crippen LogP contribution < -0.4 is 43.4 Å². The maximum absolute atomic E-state index is 11.3. The molecule has 342 valence electrons. The van der Waals surface area contributed by atoms with Crippen molar-refractivity contribution in [3.63, 3.8) is 0 Å². The predicted molar refractivity (Wildman–Crippen MR) is 231 cm³/mol. The van der Waals surface area contributed by atoms with E-state index < -0.39 is 0 Å². The third-order valence-electron chi connectivity index (χ3n) is 8.18. The standard InChI is InChI=1S/C9H18N2O2.C9H18N2O.C8H16N2O2.C8H18N2O.C7H16N2O/c1-7(2)9(13)10-11-5-3-8(12)4-6-11;1-7(2)9(12)11-10-8-5-3-4-6-8;1-5(2)7(11)9-10-8(12)6(3)4;1-6(2)8(11)10(5)9-7(3)4;1-5(2)7(10)9-8-6(3)4/h7-8,12H,3-6H2,1-2H3,(H,10,13);7-8,10H,3-6H2,1-2H3,(H,11,12);5-6H,1-4H3,(H,9,11)(H,10,12);6-7,9H,1-5H3;5-6,8H,1-4H3,(H,9,10). The summed E-state index contributed by atoms with van der Waals surface area (Å²) >= 11 is 0. The maximum Gasteiger partial charge on any atom is 0.240 e. The van der Waals surface area contributed by atoms with Crippen molar-refractivity contribution in [3.8, 4) is 0 Å². The minimum atomic E-state index is -0.188. The fourth-order valence-corrected chi connectivity index (χ4v) is 4.26. The van der Waals surface area contributed by atoms with E-state index in [0.717, 1.165) is 25.9 Å². The highest BCUT2D eigenvalue weighted by Crippen LogP contribution is 2.16. The van der Waals surface area contributed by atoms with Gasteiger partial charge in [-0.15, -0.1) is 0 Å². The third-order valence-corrected chi connectivity index (χ3v) is 8.18. The van der Waals surface area contributed by atoms with Crippen LogP contribution in [0.1, 0.15) is 149 Å². The van der Waals surface area contributed by atoms with Gasteiger partial charge in [0.25, 0.3) is 0 Å². The molecular formula is C41H86N10O7. The van der Waals surface area contributed by atoms with Crippen molar-refractivity contribution in [1.82, 2.24) is 53.4 Å². The van der Waals surface area contributed by atoms with Crippen LogP contribution in [0.4, 0.5) is 0 Å². The van der Waals surface area contributed by atoms with E-state index in [0.29, 0.717) is 18.1 Å². The molecule has 0 aromatic carbocycles. The molecule has 17 nitrogen and oxygen atoms in total. The Bertz CT molecular complexity index is 1130. The number of hydrogen-bond acceptors (Lipinski definition) is 11. The van der Waals surface area contributed by atoms with Gasteiger partial charge in [-0.05, 0) is 53.4 Å². The molecular weight excluding hydrogens is 745 g/mol. The van der Waals surface area contributed by atoms with Crippen LogP contribution >= 0.6 is 0 Å². The Kier molecular flexibility index (Phi) is 34.0. The zero-order valence-electron chi connectivity index (χ0n) is 39.2. The van der Waals surface area contributed by atoms with Gasteiger partial charge in [0, 0.05) is 73.8 Å². The molecule has 2 aliphatic rings. The van der Waals surface area contributed by atoms with E-state index in [1.165, 1.54) is 25.7 Å². The first-order chi connectivity index (χ1) is 26.7. The molecule has 6 amide bonds. The first kappa shape index (κ1) is 58.9. The molecule has 1 heterocycles. The van der Waals surface area contributed by atoms with E-state index in [1.807, 2.05) is 88.1 Å². The zero-order valence-corrected chi connectivity index (χ0v) is 39.2. The molecule has 2 fully saturated rings. The minimum absolute atomic E-state index is 0.0202. The molecule has 1 aliphatic heterocycles. The van der Waals surface area contributed by atoms with Crippen LogP contribution in [0.25, 0.3) is 0 Å². The predicted octanol–water partition coefficient (Wildman–Crippen LogP) is 3.47. The first-order valence-electron chi connectivity index (χ1n) is 21.2. The number of rotatable bonds is 13. The van der Waals surface area contributed by atoms with Crippen LogP contribution in [-0.4, -0.2) is 94.9 Å². The average Bonchev–Trinajstić information content (AvgIpc) is 3.66. The van der Waals surface area contributed by atoms with Crippen molar-refractivity contribution in [3.05, 3.63) is 0 Å². The fourth-order valence-electron chi connectivity index (χ4n) is 4.26. The van der Waals surface area contributed by atoms with Crippen molar-refractivity contribution in [2.24, 2.45) is 35.5 Å². The maximum atomic E-state index is 11.3. The first-order valence-corrected chi connectivity index (χ1v) is 21.2. The number of carbonyl (C=O) groups excluding carboxylic acids is 6. The van der Waals surface area contributed by atoms with Crippen LogP contribution in [0.2, 0.25) is 0 Å². The second kappa shape index (κ2) is 33.5. The molecule has 0 unspecified atom stereocenters. The lowest BCUT2D eigenvalue weighted by Crippen LogP contribution is -2.48. The molecule has 1 saturated carbocycles. The van der Waals surface area contributed by atoms with Gasteiger partial charge in [0.15, 0.2) is 0 Å². The number of aliphatic hydroxyl groups excluding tert-OH is 1. The van der Waals surface area contributed by atoms with E-state index >= 15 is 0 Å². The lowest BCUT2D eigenvalue weighted by molar-refractivity contribution is -0.136. The van der Waals surface area contributed by atoms with Gasteiger partial charge in [0.1, 0.15) is 0 Å². The molecule has 1 aliphatic carbocycles. The number of carbonyl (C=O) groups is 6. The van der Waals surface area contributed by atoms with Crippen molar-refractivity contribution in [2.75, 3.05) is 20.1 Å². The number of hydrazine groups is 5. The summed E-state index contributed by atoms with van der Waals surface area (Å²) in [5.74, 6) is -0.0862. The van der Waals surface area contributed by atoms with E-state index in [9.17, 15) is 33.9 Å². The highest BCUT2D eigenvalue weighted by Gasteiger charge is 2.19. The Morgan fingerprint density at radius 1 is 0.517 bits per heavy atom. The smallest absolute Gasteiger partial charge is 0.240 e. The topological polar surface area (TPSA) is 225 Å². The second-order valence-electron chi connectivity index (χ2n) is 17.2. The summed E-state index contributed by atoms with van der Waals surface area (Å²) in [4.78, 5) is 66.4. The second-order valence-corrected chi connectivity index (χ2v) is 17.2. The molecule has 0 aromatic heterocycles. The van der Waals surface area contributed by atoms with Crippen LogP contribution in [0.5, 0.6) is 0 Å². The summed E-state index contributed by atoms with van der Waals surface area (Å²) in [6.45, 7) is 31.5. The number of nitrogens with one attached hydrogen (secondary N) is 8. The van der Waals surface area contributed by atoms with Crippen LogP contribution in [0.15, 0.2) is 0 Å². The molecule has 58 heavy (non-hydrogen) atoms. The Morgan fingerprint density at radius 3 is 1.24 bits per heavy atom. The monoisotopic (exact) mass is 831 g/mol. The quantitative estimate of drug-likeness (QED) is 0.122. The van der Waals surface area contributed by atoms with Gasteiger partial charge in [-0.3, -0.25) is 60.9 Å². The number of aliphatic hydroxyl groups is 1. The van der Waals surface area contributed by atoms with E-state index in [4.69, 9.17) is 0 Å². The molecule has 2 rings (SSSR count). The van der Waals surface area contributed by atoms with Gasteiger partial charge in [-0.1, -0.05) is 95.9 Å². The van der Waals surface area contributed by atoms with Gasteiger partial charge in [0.2, 0.25) is 35.4 Å². The molecule has 1 saturated heterocycles. The zero-order chi connectivity index (χ0) is 45.7. The minimum Gasteiger partial charge on any atom is -0.393 e. The van der Waals surface area contributed by atoms with E-state index in [1.54, 1.807) is 39.8 Å². The Balaban J connectivity index is -0.000000654. The van der Waals surface area contributed by atoms with Crippen LogP contribution in [0, 0.1) is 35.5 Å². The van der Waals surface area contributed by atoms with Gasteiger partial charge in [-0.25, -0.2) is 21.3 Å². The molecule has 9 N–H and O–H groups in total. The number of hydrogen-bond donors (Lipinski definition) is 9. The van der Waals surface area contributed by atoms with Crippen LogP contribution in [-0.2, 0) is 28.8 Å². The normalized spacial score (nSPS) is 14.4. The molecule has 17 heteroatoms. The molecule has 0 radical (unpaired) electrons. The highest BCUT2D eigenvalue weighted by atomic mass is 16.3. The summed E-state index contributed by atoms with van der Waals surface area (Å²) in [6, 6.07) is 1.11. The van der Waals surface area contributed by atoms with Gasteiger partial charge in [-0.2, -0.15) is 0 Å². The van der Waals surface area contributed by atoms with Gasteiger partial charge < -0.3 is 5.11 Å². The summed E-state index contributed by atoms with van der Waals surface area (Å²) in [7, 11) is 1.75.